The van der Waals surface area contributed by atoms with Crippen molar-refractivity contribution >= 4 is 26.9 Å². The van der Waals surface area contributed by atoms with Crippen molar-refractivity contribution in [3.05, 3.63) is 34.6 Å². The Balaban J connectivity index is 1.71. The first-order valence-electron chi connectivity index (χ1n) is 7.73. The van der Waals surface area contributed by atoms with E-state index in [1.54, 1.807) is 25.1 Å². The quantitative estimate of drug-likeness (QED) is 0.873. The second-order valence-corrected chi connectivity index (χ2v) is 7.91. The van der Waals surface area contributed by atoms with Gasteiger partial charge in [0.05, 0.1) is 16.7 Å². The Morgan fingerprint density at radius 2 is 2.00 bits per heavy atom. The fourth-order valence-electron chi connectivity index (χ4n) is 2.81. The molecule has 0 unspecified atom stereocenters. The summed E-state index contributed by atoms with van der Waals surface area (Å²) in [5.74, 6) is 0.565. The Morgan fingerprint density at radius 1 is 1.30 bits per heavy atom. The van der Waals surface area contributed by atoms with E-state index in [1.165, 1.54) is 4.31 Å². The molecule has 1 aliphatic heterocycles. The van der Waals surface area contributed by atoms with Crippen LogP contribution in [0.25, 0.3) is 10.9 Å². The molecule has 8 heteroatoms. The monoisotopic (exact) mass is 336 g/mol. The minimum Gasteiger partial charge on any atom is -0.353 e. The summed E-state index contributed by atoms with van der Waals surface area (Å²) < 4.78 is 25.2. The molecule has 1 aliphatic rings. The molecule has 0 bridgehead atoms. The summed E-state index contributed by atoms with van der Waals surface area (Å²) in [5, 5.41) is 3.77. The van der Waals surface area contributed by atoms with Crippen molar-refractivity contribution in [3.63, 3.8) is 0 Å². The van der Waals surface area contributed by atoms with Crippen LogP contribution in [0.5, 0.6) is 0 Å². The number of nitrogens with one attached hydrogen (secondary N) is 2. The Kier molecular flexibility index (Phi) is 4.36. The Hall–Kier alpha value is -1.93. The number of para-hydroxylation sites is 1. The van der Waals surface area contributed by atoms with Crippen LogP contribution in [-0.4, -0.2) is 47.6 Å². The molecule has 0 spiro atoms. The Bertz CT molecular complexity index is 854. The van der Waals surface area contributed by atoms with Crippen LogP contribution in [0.4, 0.5) is 5.95 Å². The van der Waals surface area contributed by atoms with Crippen LogP contribution in [0.2, 0.25) is 0 Å². The second kappa shape index (κ2) is 6.29. The number of benzene rings is 1. The second-order valence-electron chi connectivity index (χ2n) is 5.65. The first-order chi connectivity index (χ1) is 11.0. The lowest BCUT2D eigenvalue weighted by Crippen LogP contribution is -2.43. The van der Waals surface area contributed by atoms with Crippen molar-refractivity contribution < 1.29 is 8.42 Å². The lowest BCUT2D eigenvalue weighted by molar-refractivity contribution is 0.329. The van der Waals surface area contributed by atoms with Crippen molar-refractivity contribution in [2.75, 3.05) is 24.2 Å². The Morgan fingerprint density at radius 3 is 2.70 bits per heavy atom. The summed E-state index contributed by atoms with van der Waals surface area (Å²) in [6.07, 6.45) is 1.38. The number of piperidine rings is 1. The van der Waals surface area contributed by atoms with Crippen LogP contribution in [0.15, 0.2) is 29.1 Å². The van der Waals surface area contributed by atoms with Gasteiger partial charge in [0.25, 0.3) is 5.56 Å². The first kappa shape index (κ1) is 15.9. The van der Waals surface area contributed by atoms with E-state index in [4.69, 9.17) is 0 Å². The highest BCUT2D eigenvalue weighted by molar-refractivity contribution is 7.89. The van der Waals surface area contributed by atoms with Crippen LogP contribution in [0.3, 0.4) is 0 Å². The third-order valence-corrected chi connectivity index (χ3v) is 6.05. The molecule has 124 valence electrons. The molecule has 2 N–H and O–H groups in total. The maximum atomic E-state index is 12.0. The number of fused-ring (bicyclic) bond motifs is 1. The molecule has 1 saturated heterocycles. The number of nitrogens with zero attached hydrogens (tertiary/aromatic N) is 2. The number of hydrogen-bond acceptors (Lipinski definition) is 5. The highest BCUT2D eigenvalue weighted by atomic mass is 32.2. The fraction of sp³-hybridized carbons (Fsp3) is 0.467. The average molecular weight is 336 g/mol. The lowest BCUT2D eigenvalue weighted by Gasteiger charge is -2.31. The Labute approximate surface area is 134 Å². The van der Waals surface area contributed by atoms with Crippen molar-refractivity contribution in [2.45, 2.75) is 25.8 Å². The number of rotatable bonds is 4. The molecule has 23 heavy (non-hydrogen) atoms. The standard InChI is InChI=1S/C15H20N4O3S/c1-2-23(21,22)19-9-7-11(8-10-19)16-15-17-13-6-4-3-5-12(13)14(20)18-15/h3-6,11H,2,7-10H2,1H3,(H2,16,17,18,20). The van der Waals surface area contributed by atoms with Gasteiger partial charge in [0.2, 0.25) is 16.0 Å². The van der Waals surface area contributed by atoms with Crippen LogP contribution in [0, 0.1) is 0 Å². The van der Waals surface area contributed by atoms with Crippen LogP contribution < -0.4 is 10.9 Å². The third kappa shape index (κ3) is 3.37. The fourth-order valence-corrected chi connectivity index (χ4v) is 3.94. The van der Waals surface area contributed by atoms with Crippen molar-refractivity contribution in [1.82, 2.24) is 14.3 Å². The van der Waals surface area contributed by atoms with E-state index in [9.17, 15) is 13.2 Å². The van der Waals surface area contributed by atoms with Gasteiger partial charge in [-0.1, -0.05) is 12.1 Å². The highest BCUT2D eigenvalue weighted by Gasteiger charge is 2.26. The molecule has 2 heterocycles. The maximum absolute atomic E-state index is 12.0. The minimum atomic E-state index is -3.12. The van der Waals surface area contributed by atoms with Crippen LogP contribution >= 0.6 is 0 Å². The van der Waals surface area contributed by atoms with Crippen LogP contribution in [-0.2, 0) is 10.0 Å². The topological polar surface area (TPSA) is 95.2 Å². The maximum Gasteiger partial charge on any atom is 0.260 e. The van der Waals surface area contributed by atoms with E-state index in [0.29, 0.717) is 42.8 Å². The van der Waals surface area contributed by atoms with E-state index in [2.05, 4.69) is 15.3 Å². The molecule has 1 aromatic heterocycles. The van der Waals surface area contributed by atoms with E-state index < -0.39 is 10.0 Å². The molecule has 0 amide bonds. The van der Waals surface area contributed by atoms with Gasteiger partial charge in [0, 0.05) is 19.1 Å². The van der Waals surface area contributed by atoms with E-state index in [1.807, 2.05) is 6.07 Å². The van der Waals surface area contributed by atoms with Gasteiger partial charge in [-0.3, -0.25) is 9.78 Å². The lowest BCUT2D eigenvalue weighted by atomic mass is 10.1. The molecule has 1 fully saturated rings. The van der Waals surface area contributed by atoms with Gasteiger partial charge in [0.1, 0.15) is 0 Å². The number of hydrogen-bond donors (Lipinski definition) is 2. The van der Waals surface area contributed by atoms with Gasteiger partial charge in [-0.05, 0) is 31.9 Å². The number of H-pyrrole nitrogens is 1. The normalized spacial score (nSPS) is 17.4. The van der Waals surface area contributed by atoms with Crippen LogP contribution in [0.1, 0.15) is 19.8 Å². The number of aromatic amines is 1. The number of aromatic nitrogens is 2. The SMILES string of the molecule is CCS(=O)(=O)N1CCC(Nc2nc3ccccc3c(=O)[nH]2)CC1. The molecule has 0 aliphatic carbocycles. The van der Waals surface area contributed by atoms with Gasteiger partial charge >= 0.3 is 0 Å². The number of anilines is 1. The molecular formula is C15H20N4O3S. The minimum absolute atomic E-state index is 0.0996. The third-order valence-electron chi connectivity index (χ3n) is 4.17. The van der Waals surface area contributed by atoms with E-state index in [0.717, 1.165) is 0 Å². The highest BCUT2D eigenvalue weighted by Crippen LogP contribution is 2.17. The summed E-state index contributed by atoms with van der Waals surface area (Å²) in [6, 6.07) is 7.27. The van der Waals surface area contributed by atoms with Gasteiger partial charge < -0.3 is 5.32 Å². The number of sulfonamides is 1. The molecule has 0 radical (unpaired) electrons. The van der Waals surface area contributed by atoms with Crippen molar-refractivity contribution in [1.29, 1.82) is 0 Å². The summed E-state index contributed by atoms with van der Waals surface area (Å²) in [4.78, 5) is 19.2. The first-order valence-corrected chi connectivity index (χ1v) is 9.34. The molecule has 7 nitrogen and oxygen atoms in total. The molecular weight excluding hydrogens is 316 g/mol. The molecule has 0 saturated carbocycles. The van der Waals surface area contributed by atoms with E-state index >= 15 is 0 Å². The molecule has 3 rings (SSSR count). The molecule has 2 aromatic rings. The molecule has 1 aromatic carbocycles. The summed E-state index contributed by atoms with van der Waals surface area (Å²) in [7, 11) is -3.12. The zero-order valence-corrected chi connectivity index (χ0v) is 13.8. The predicted octanol–water partition coefficient (Wildman–Crippen LogP) is 1.15. The summed E-state index contributed by atoms with van der Waals surface area (Å²) >= 11 is 0. The van der Waals surface area contributed by atoms with E-state index in [-0.39, 0.29) is 17.4 Å². The average Bonchev–Trinajstić information content (AvgIpc) is 2.55. The van der Waals surface area contributed by atoms with Gasteiger partial charge in [-0.2, -0.15) is 0 Å². The predicted molar refractivity (Wildman–Crippen MR) is 90.0 cm³/mol. The van der Waals surface area contributed by atoms with Crippen molar-refractivity contribution in [2.24, 2.45) is 0 Å². The van der Waals surface area contributed by atoms with Gasteiger partial charge in [0.15, 0.2) is 0 Å². The van der Waals surface area contributed by atoms with Crippen molar-refractivity contribution in [3.8, 4) is 0 Å². The van der Waals surface area contributed by atoms with Gasteiger partial charge in [-0.15, -0.1) is 0 Å². The zero-order chi connectivity index (χ0) is 16.4. The zero-order valence-electron chi connectivity index (χ0n) is 12.9. The summed E-state index contributed by atoms with van der Waals surface area (Å²) in [6.45, 7) is 2.64. The smallest absolute Gasteiger partial charge is 0.260 e. The largest absolute Gasteiger partial charge is 0.353 e. The molecule has 0 atom stereocenters. The van der Waals surface area contributed by atoms with Gasteiger partial charge in [-0.25, -0.2) is 17.7 Å². The summed E-state index contributed by atoms with van der Waals surface area (Å²) in [5.41, 5.74) is 0.467.